The van der Waals surface area contributed by atoms with Gasteiger partial charge in [0.1, 0.15) is 0 Å². The summed E-state index contributed by atoms with van der Waals surface area (Å²) in [4.78, 5) is 14.4. The van der Waals surface area contributed by atoms with Crippen molar-refractivity contribution in [2.75, 3.05) is 20.1 Å². The van der Waals surface area contributed by atoms with Gasteiger partial charge in [0.25, 0.3) is 0 Å². The first kappa shape index (κ1) is 11.9. The van der Waals surface area contributed by atoms with Crippen LogP contribution in [-0.2, 0) is 4.79 Å². The Morgan fingerprint density at radius 1 is 1.31 bits per heavy atom. The molecule has 2 aliphatic rings. The Labute approximate surface area is 98.6 Å². The molecule has 3 heteroatoms. The summed E-state index contributed by atoms with van der Waals surface area (Å²) < 4.78 is 0. The molecule has 1 aliphatic carbocycles. The van der Waals surface area contributed by atoms with E-state index in [9.17, 15) is 4.79 Å². The summed E-state index contributed by atoms with van der Waals surface area (Å²) >= 11 is 0. The Bertz CT molecular complexity index is 271. The van der Waals surface area contributed by atoms with Crippen LogP contribution in [0.15, 0.2) is 0 Å². The van der Waals surface area contributed by atoms with Crippen LogP contribution in [0.1, 0.15) is 39.5 Å². The molecule has 1 amide bonds. The van der Waals surface area contributed by atoms with Crippen molar-refractivity contribution in [2.24, 2.45) is 11.3 Å². The van der Waals surface area contributed by atoms with E-state index in [4.69, 9.17) is 0 Å². The minimum Gasteiger partial charge on any atom is -0.340 e. The summed E-state index contributed by atoms with van der Waals surface area (Å²) in [6.07, 6.45) is 4.78. The van der Waals surface area contributed by atoms with Crippen molar-refractivity contribution in [1.29, 1.82) is 0 Å². The zero-order chi connectivity index (χ0) is 11.8. The van der Waals surface area contributed by atoms with Crippen molar-refractivity contribution in [3.05, 3.63) is 0 Å². The van der Waals surface area contributed by atoms with Gasteiger partial charge in [0, 0.05) is 26.1 Å². The van der Waals surface area contributed by atoms with Gasteiger partial charge in [0.15, 0.2) is 0 Å². The first-order valence-electron chi connectivity index (χ1n) is 6.50. The standard InChI is InChI=1S/C13H24N2O/c1-13(2)7-5-4-6-11(13)12(16)15(3)10-8-14-9-10/h10-11,14H,4-9H2,1-3H3. The van der Waals surface area contributed by atoms with Gasteiger partial charge in [-0.15, -0.1) is 0 Å². The van der Waals surface area contributed by atoms with E-state index in [2.05, 4.69) is 19.2 Å². The number of hydrogen-bond acceptors (Lipinski definition) is 2. The zero-order valence-electron chi connectivity index (χ0n) is 10.8. The van der Waals surface area contributed by atoms with Crippen molar-refractivity contribution in [3.63, 3.8) is 0 Å². The molecule has 0 radical (unpaired) electrons. The smallest absolute Gasteiger partial charge is 0.226 e. The zero-order valence-corrected chi connectivity index (χ0v) is 10.8. The molecule has 0 spiro atoms. The maximum atomic E-state index is 12.4. The number of likely N-dealkylation sites (N-methyl/N-ethyl adjacent to an activating group) is 1. The van der Waals surface area contributed by atoms with Crippen molar-refractivity contribution >= 4 is 5.91 Å². The van der Waals surface area contributed by atoms with Gasteiger partial charge < -0.3 is 10.2 Å². The predicted molar refractivity (Wildman–Crippen MR) is 65.2 cm³/mol. The highest BCUT2D eigenvalue weighted by Gasteiger charge is 2.40. The molecule has 1 aliphatic heterocycles. The van der Waals surface area contributed by atoms with Crippen LogP contribution in [0.2, 0.25) is 0 Å². The molecule has 1 N–H and O–H groups in total. The molecule has 92 valence electrons. The van der Waals surface area contributed by atoms with Crippen LogP contribution >= 0.6 is 0 Å². The largest absolute Gasteiger partial charge is 0.340 e. The van der Waals surface area contributed by atoms with Gasteiger partial charge in [-0.25, -0.2) is 0 Å². The van der Waals surface area contributed by atoms with Gasteiger partial charge in [-0.05, 0) is 18.3 Å². The normalized spacial score (nSPS) is 29.6. The topological polar surface area (TPSA) is 32.3 Å². The molecule has 0 aromatic heterocycles. The summed E-state index contributed by atoms with van der Waals surface area (Å²) in [5.41, 5.74) is 0.195. The quantitative estimate of drug-likeness (QED) is 0.773. The molecule has 1 saturated heterocycles. The lowest BCUT2D eigenvalue weighted by atomic mass is 9.68. The molecule has 0 bridgehead atoms. The fourth-order valence-corrected chi connectivity index (χ4v) is 2.92. The van der Waals surface area contributed by atoms with E-state index in [0.29, 0.717) is 11.9 Å². The number of carbonyl (C=O) groups excluding carboxylic acids is 1. The highest BCUT2D eigenvalue weighted by Crippen LogP contribution is 2.41. The molecule has 1 heterocycles. The van der Waals surface area contributed by atoms with E-state index in [1.54, 1.807) is 0 Å². The third-order valence-electron chi connectivity index (χ3n) is 4.46. The molecular weight excluding hydrogens is 200 g/mol. The van der Waals surface area contributed by atoms with Crippen LogP contribution in [0.4, 0.5) is 0 Å². The summed E-state index contributed by atoms with van der Waals surface area (Å²) in [5, 5.41) is 3.23. The fourth-order valence-electron chi connectivity index (χ4n) is 2.92. The highest BCUT2D eigenvalue weighted by atomic mass is 16.2. The van der Waals surface area contributed by atoms with E-state index in [-0.39, 0.29) is 11.3 Å². The average molecular weight is 224 g/mol. The number of amides is 1. The number of rotatable bonds is 2. The Hall–Kier alpha value is -0.570. The third-order valence-corrected chi connectivity index (χ3v) is 4.46. The summed E-state index contributed by atoms with van der Waals surface area (Å²) in [6, 6.07) is 0.435. The fraction of sp³-hybridized carbons (Fsp3) is 0.923. The molecule has 1 atom stereocenters. The summed E-state index contributed by atoms with van der Waals surface area (Å²) in [5.74, 6) is 0.614. The SMILES string of the molecule is CN(C(=O)C1CCCCC1(C)C)C1CNC1. The minimum atomic E-state index is 0.195. The van der Waals surface area contributed by atoms with E-state index in [0.717, 1.165) is 19.5 Å². The Balaban J connectivity index is 2.01. The van der Waals surface area contributed by atoms with Crippen LogP contribution in [0, 0.1) is 11.3 Å². The van der Waals surface area contributed by atoms with Crippen LogP contribution in [0.3, 0.4) is 0 Å². The minimum absolute atomic E-state index is 0.195. The lowest BCUT2D eigenvalue weighted by Crippen LogP contribution is -2.59. The average Bonchev–Trinajstić information content (AvgIpc) is 2.13. The number of nitrogens with zero attached hydrogens (tertiary/aromatic N) is 1. The van der Waals surface area contributed by atoms with Crippen molar-refractivity contribution in [3.8, 4) is 0 Å². The second-order valence-electron chi connectivity index (χ2n) is 6.05. The Morgan fingerprint density at radius 3 is 2.50 bits per heavy atom. The van der Waals surface area contributed by atoms with Gasteiger partial charge in [-0.1, -0.05) is 26.7 Å². The Kier molecular flexibility index (Phi) is 3.24. The maximum Gasteiger partial charge on any atom is 0.226 e. The van der Waals surface area contributed by atoms with Crippen molar-refractivity contribution in [1.82, 2.24) is 10.2 Å². The molecule has 2 rings (SSSR count). The van der Waals surface area contributed by atoms with Crippen molar-refractivity contribution < 1.29 is 4.79 Å². The van der Waals surface area contributed by atoms with Crippen LogP contribution in [0.5, 0.6) is 0 Å². The molecule has 0 aromatic carbocycles. The molecule has 2 fully saturated rings. The lowest BCUT2D eigenvalue weighted by Gasteiger charge is -2.43. The molecule has 1 unspecified atom stereocenters. The van der Waals surface area contributed by atoms with Gasteiger partial charge in [-0.3, -0.25) is 4.79 Å². The van der Waals surface area contributed by atoms with Crippen LogP contribution in [0.25, 0.3) is 0 Å². The van der Waals surface area contributed by atoms with Gasteiger partial charge in [0.05, 0.1) is 6.04 Å². The third kappa shape index (κ3) is 2.10. The van der Waals surface area contributed by atoms with Gasteiger partial charge in [0.2, 0.25) is 5.91 Å². The second kappa shape index (κ2) is 4.36. The first-order valence-corrected chi connectivity index (χ1v) is 6.50. The predicted octanol–water partition coefficient (Wildman–Crippen LogP) is 1.63. The van der Waals surface area contributed by atoms with Crippen molar-refractivity contribution in [2.45, 2.75) is 45.6 Å². The number of hydrogen-bond donors (Lipinski definition) is 1. The number of carbonyl (C=O) groups is 1. The molecule has 16 heavy (non-hydrogen) atoms. The lowest BCUT2D eigenvalue weighted by molar-refractivity contribution is -0.142. The van der Waals surface area contributed by atoms with Crippen LogP contribution < -0.4 is 5.32 Å². The summed E-state index contributed by atoms with van der Waals surface area (Å²) in [7, 11) is 1.97. The first-order chi connectivity index (χ1) is 7.52. The van der Waals surface area contributed by atoms with E-state index < -0.39 is 0 Å². The molecular formula is C13H24N2O. The van der Waals surface area contributed by atoms with Gasteiger partial charge in [-0.2, -0.15) is 0 Å². The van der Waals surface area contributed by atoms with Gasteiger partial charge >= 0.3 is 0 Å². The Morgan fingerprint density at radius 2 is 2.00 bits per heavy atom. The summed E-state index contributed by atoms with van der Waals surface area (Å²) in [6.45, 7) is 6.44. The molecule has 3 nitrogen and oxygen atoms in total. The molecule has 0 aromatic rings. The van der Waals surface area contributed by atoms with Crippen LogP contribution in [-0.4, -0.2) is 37.0 Å². The van der Waals surface area contributed by atoms with E-state index in [1.165, 1.54) is 19.3 Å². The second-order valence-corrected chi connectivity index (χ2v) is 6.05. The number of nitrogens with one attached hydrogen (secondary N) is 1. The monoisotopic (exact) mass is 224 g/mol. The van der Waals surface area contributed by atoms with E-state index in [1.807, 2.05) is 11.9 Å². The highest BCUT2D eigenvalue weighted by molar-refractivity contribution is 5.80. The maximum absolute atomic E-state index is 12.4. The molecule has 1 saturated carbocycles. The van der Waals surface area contributed by atoms with E-state index >= 15 is 0 Å².